The summed E-state index contributed by atoms with van der Waals surface area (Å²) in [7, 11) is 0. The summed E-state index contributed by atoms with van der Waals surface area (Å²) in [5.41, 5.74) is -0.524. The van der Waals surface area contributed by atoms with E-state index >= 15 is 0 Å². The molecule has 0 saturated carbocycles. The Morgan fingerprint density at radius 1 is 1.56 bits per heavy atom. The highest BCUT2D eigenvalue weighted by molar-refractivity contribution is 9.10. The summed E-state index contributed by atoms with van der Waals surface area (Å²) < 4.78 is 13.3. The molecule has 1 amide bonds. The minimum atomic E-state index is -0.733. The number of nitrogens with one attached hydrogen (secondary N) is 1. The molecule has 0 unspecified atom stereocenters. The lowest BCUT2D eigenvalue weighted by Gasteiger charge is -2.23. The van der Waals surface area contributed by atoms with Gasteiger partial charge in [-0.2, -0.15) is 0 Å². The van der Waals surface area contributed by atoms with Crippen molar-refractivity contribution in [3.63, 3.8) is 0 Å². The quantitative estimate of drug-likeness (QED) is 0.895. The third kappa shape index (κ3) is 3.02. The number of hydrogen-bond acceptors (Lipinski definition) is 2. The Kier molecular flexibility index (Phi) is 4.04. The normalized spacial score (nSPS) is 11.3. The van der Waals surface area contributed by atoms with Crippen LogP contribution in [0.25, 0.3) is 0 Å². The van der Waals surface area contributed by atoms with Crippen molar-refractivity contribution >= 4 is 21.8 Å². The standard InChI is InChI=1S/C11H13BrFNO2/c1-11(2,6-15)14-10(16)7-4-3-5-8(13)9(7)12/h3-5,15H,6H2,1-2H3,(H,14,16). The molecule has 0 saturated heterocycles. The lowest BCUT2D eigenvalue weighted by Crippen LogP contribution is -2.46. The van der Waals surface area contributed by atoms with E-state index in [-0.39, 0.29) is 16.6 Å². The van der Waals surface area contributed by atoms with Gasteiger partial charge in [-0.25, -0.2) is 4.39 Å². The van der Waals surface area contributed by atoms with Crippen molar-refractivity contribution in [1.29, 1.82) is 0 Å². The van der Waals surface area contributed by atoms with E-state index in [0.29, 0.717) is 0 Å². The third-order valence-corrected chi connectivity index (χ3v) is 2.85. The number of benzene rings is 1. The summed E-state index contributed by atoms with van der Waals surface area (Å²) in [5.74, 6) is -0.917. The minimum absolute atomic E-state index is 0.126. The Balaban J connectivity index is 2.94. The average molecular weight is 290 g/mol. The number of carbonyl (C=O) groups excluding carboxylic acids is 1. The number of aliphatic hydroxyl groups is 1. The first-order valence-electron chi connectivity index (χ1n) is 4.75. The van der Waals surface area contributed by atoms with E-state index in [1.54, 1.807) is 13.8 Å². The molecular formula is C11H13BrFNO2. The van der Waals surface area contributed by atoms with Crippen molar-refractivity contribution in [2.24, 2.45) is 0 Å². The predicted molar refractivity (Wildman–Crippen MR) is 62.7 cm³/mol. The maximum atomic E-state index is 13.2. The molecule has 0 bridgehead atoms. The molecule has 0 spiro atoms. The first-order valence-corrected chi connectivity index (χ1v) is 5.54. The van der Waals surface area contributed by atoms with Gasteiger partial charge in [0.2, 0.25) is 0 Å². The average Bonchev–Trinajstić information content (AvgIpc) is 2.21. The molecule has 3 nitrogen and oxygen atoms in total. The fourth-order valence-corrected chi connectivity index (χ4v) is 1.54. The number of rotatable bonds is 3. The van der Waals surface area contributed by atoms with Crippen LogP contribution in [0.1, 0.15) is 24.2 Å². The van der Waals surface area contributed by atoms with Gasteiger partial charge in [0.15, 0.2) is 0 Å². The zero-order valence-corrected chi connectivity index (χ0v) is 10.6. The third-order valence-electron chi connectivity index (χ3n) is 2.04. The molecule has 0 aromatic heterocycles. The number of aliphatic hydroxyl groups excluding tert-OH is 1. The summed E-state index contributed by atoms with van der Waals surface area (Å²) >= 11 is 3.01. The number of hydrogen-bond donors (Lipinski definition) is 2. The Morgan fingerprint density at radius 2 is 2.19 bits per heavy atom. The minimum Gasteiger partial charge on any atom is -0.394 e. The molecule has 0 aliphatic carbocycles. The van der Waals surface area contributed by atoms with Gasteiger partial charge in [0.1, 0.15) is 5.82 Å². The molecule has 1 aromatic rings. The van der Waals surface area contributed by atoms with E-state index in [9.17, 15) is 9.18 Å². The van der Waals surface area contributed by atoms with Crippen LogP contribution < -0.4 is 5.32 Å². The van der Waals surface area contributed by atoms with E-state index < -0.39 is 17.3 Å². The van der Waals surface area contributed by atoms with Crippen LogP contribution in [0.4, 0.5) is 4.39 Å². The molecule has 0 heterocycles. The van der Waals surface area contributed by atoms with E-state index in [1.165, 1.54) is 18.2 Å². The van der Waals surface area contributed by atoms with Crippen LogP contribution in [0.3, 0.4) is 0 Å². The molecule has 0 fully saturated rings. The molecule has 16 heavy (non-hydrogen) atoms. The molecule has 5 heteroatoms. The topological polar surface area (TPSA) is 49.3 Å². The molecule has 88 valence electrons. The van der Waals surface area contributed by atoms with Crippen LogP contribution in [0.2, 0.25) is 0 Å². The Hall–Kier alpha value is -0.940. The highest BCUT2D eigenvalue weighted by Gasteiger charge is 2.21. The van der Waals surface area contributed by atoms with Crippen LogP contribution >= 0.6 is 15.9 Å². The summed E-state index contributed by atoms with van der Waals surface area (Å²) in [6, 6.07) is 4.23. The Bertz CT molecular complexity index is 407. The second-order valence-corrected chi connectivity index (χ2v) is 4.89. The van der Waals surface area contributed by atoms with E-state index in [0.717, 1.165) is 0 Å². The second-order valence-electron chi connectivity index (χ2n) is 4.10. The van der Waals surface area contributed by atoms with Crippen LogP contribution in [-0.4, -0.2) is 23.2 Å². The van der Waals surface area contributed by atoms with Crippen molar-refractivity contribution in [1.82, 2.24) is 5.32 Å². The molecular weight excluding hydrogens is 277 g/mol. The summed E-state index contributed by atoms with van der Waals surface area (Å²) in [4.78, 5) is 11.8. The fraction of sp³-hybridized carbons (Fsp3) is 0.364. The zero-order chi connectivity index (χ0) is 12.3. The van der Waals surface area contributed by atoms with Crippen LogP contribution in [0, 0.1) is 5.82 Å². The van der Waals surface area contributed by atoms with Crippen molar-refractivity contribution < 1.29 is 14.3 Å². The van der Waals surface area contributed by atoms with E-state index in [4.69, 9.17) is 5.11 Å². The highest BCUT2D eigenvalue weighted by Crippen LogP contribution is 2.20. The van der Waals surface area contributed by atoms with Crippen molar-refractivity contribution in [3.05, 3.63) is 34.1 Å². The lowest BCUT2D eigenvalue weighted by atomic mass is 10.1. The number of halogens is 2. The van der Waals surface area contributed by atoms with Gasteiger partial charge in [0, 0.05) is 0 Å². The van der Waals surface area contributed by atoms with Crippen LogP contribution in [0.5, 0.6) is 0 Å². The summed E-state index contributed by atoms with van der Waals surface area (Å²) in [6.45, 7) is 3.17. The highest BCUT2D eigenvalue weighted by atomic mass is 79.9. The van der Waals surface area contributed by atoms with Gasteiger partial charge in [0.05, 0.1) is 22.2 Å². The van der Waals surface area contributed by atoms with Crippen LogP contribution in [-0.2, 0) is 0 Å². The van der Waals surface area contributed by atoms with Crippen molar-refractivity contribution in [2.75, 3.05) is 6.61 Å². The van der Waals surface area contributed by atoms with E-state index in [1.807, 2.05) is 0 Å². The predicted octanol–water partition coefficient (Wildman–Crippen LogP) is 2.09. The molecule has 0 atom stereocenters. The smallest absolute Gasteiger partial charge is 0.253 e. The molecule has 0 aliphatic rings. The molecule has 2 N–H and O–H groups in total. The molecule has 0 radical (unpaired) electrons. The summed E-state index contributed by atoms with van der Waals surface area (Å²) in [5, 5.41) is 11.6. The van der Waals surface area contributed by atoms with Gasteiger partial charge >= 0.3 is 0 Å². The van der Waals surface area contributed by atoms with Gasteiger partial charge < -0.3 is 10.4 Å². The molecule has 0 aliphatic heterocycles. The molecule has 1 rings (SSSR count). The molecule has 1 aromatic carbocycles. The Morgan fingerprint density at radius 3 is 2.75 bits per heavy atom. The summed E-state index contributed by atoms with van der Waals surface area (Å²) in [6.07, 6.45) is 0. The second kappa shape index (κ2) is 4.93. The number of carbonyl (C=O) groups is 1. The SMILES string of the molecule is CC(C)(CO)NC(=O)c1cccc(F)c1Br. The zero-order valence-electron chi connectivity index (χ0n) is 9.05. The van der Waals surface area contributed by atoms with Gasteiger partial charge in [-0.3, -0.25) is 4.79 Å². The first-order chi connectivity index (χ1) is 7.37. The van der Waals surface area contributed by atoms with Gasteiger partial charge in [-0.15, -0.1) is 0 Å². The van der Waals surface area contributed by atoms with Crippen LogP contribution in [0.15, 0.2) is 22.7 Å². The first kappa shape index (κ1) is 13.1. The fourth-order valence-electron chi connectivity index (χ4n) is 1.09. The van der Waals surface area contributed by atoms with Gasteiger partial charge in [-0.1, -0.05) is 6.07 Å². The Labute approximate surface area is 102 Å². The monoisotopic (exact) mass is 289 g/mol. The maximum absolute atomic E-state index is 13.2. The van der Waals surface area contributed by atoms with Crippen molar-refractivity contribution in [3.8, 4) is 0 Å². The van der Waals surface area contributed by atoms with E-state index in [2.05, 4.69) is 21.2 Å². The lowest BCUT2D eigenvalue weighted by molar-refractivity contribution is 0.0868. The van der Waals surface area contributed by atoms with Crippen molar-refractivity contribution in [2.45, 2.75) is 19.4 Å². The number of amides is 1. The van der Waals surface area contributed by atoms with Gasteiger partial charge in [-0.05, 0) is 41.9 Å². The largest absolute Gasteiger partial charge is 0.394 e. The van der Waals surface area contributed by atoms with Gasteiger partial charge in [0.25, 0.3) is 5.91 Å². The maximum Gasteiger partial charge on any atom is 0.253 e.